The summed E-state index contributed by atoms with van der Waals surface area (Å²) in [5, 5.41) is 0.848. The highest BCUT2D eigenvalue weighted by Crippen LogP contribution is 2.30. The van der Waals surface area contributed by atoms with Crippen LogP contribution in [0.1, 0.15) is 35.3 Å². The maximum Gasteiger partial charge on any atom is 0.339 e. The third kappa shape index (κ3) is 3.92. The van der Waals surface area contributed by atoms with Crippen molar-refractivity contribution >= 4 is 16.9 Å². The van der Waals surface area contributed by atoms with Crippen molar-refractivity contribution < 1.29 is 9.53 Å². The Morgan fingerprint density at radius 1 is 1.16 bits per heavy atom. The molecule has 0 radical (unpaired) electrons. The zero-order valence-electron chi connectivity index (χ0n) is 17.2. The Bertz CT molecular complexity index is 1270. The van der Waals surface area contributed by atoms with E-state index in [4.69, 9.17) is 10.5 Å². The molecule has 0 saturated heterocycles. The highest BCUT2D eigenvalue weighted by Gasteiger charge is 2.25. The minimum Gasteiger partial charge on any atom is -0.459 e. The number of hydrogen-bond acceptors (Lipinski definition) is 6. The Morgan fingerprint density at radius 2 is 2.06 bits per heavy atom. The maximum atomic E-state index is 12.6. The molecule has 7 heteroatoms. The number of H-pyrrole nitrogens is 1. The molecule has 1 fully saturated rings. The summed E-state index contributed by atoms with van der Waals surface area (Å²) in [4.78, 5) is 29.4. The van der Waals surface area contributed by atoms with E-state index in [1.807, 2.05) is 49.4 Å². The Balaban J connectivity index is 1.47. The Hall–Kier alpha value is -3.58. The van der Waals surface area contributed by atoms with E-state index in [0.717, 1.165) is 52.1 Å². The number of aromatic nitrogens is 4. The molecule has 1 aliphatic rings. The summed E-state index contributed by atoms with van der Waals surface area (Å²) in [5.74, 6) is -0.358. The van der Waals surface area contributed by atoms with Gasteiger partial charge in [-0.1, -0.05) is 12.1 Å². The molecule has 0 amide bonds. The van der Waals surface area contributed by atoms with Crippen LogP contribution in [0.15, 0.2) is 55.0 Å². The van der Waals surface area contributed by atoms with Gasteiger partial charge in [-0.05, 0) is 56.5 Å². The van der Waals surface area contributed by atoms with Gasteiger partial charge < -0.3 is 15.5 Å². The second kappa shape index (κ2) is 7.92. The van der Waals surface area contributed by atoms with Gasteiger partial charge in [-0.15, -0.1) is 0 Å². The first-order valence-corrected chi connectivity index (χ1v) is 10.4. The second-order valence-electron chi connectivity index (χ2n) is 8.02. The van der Waals surface area contributed by atoms with Crippen molar-refractivity contribution in [2.24, 2.45) is 5.73 Å². The molecule has 1 aliphatic carbocycles. The average Bonchev–Trinajstić information content (AvgIpc) is 3.42. The van der Waals surface area contributed by atoms with Crippen molar-refractivity contribution in [1.82, 2.24) is 19.9 Å². The van der Waals surface area contributed by atoms with Crippen molar-refractivity contribution in [2.75, 3.05) is 0 Å². The van der Waals surface area contributed by atoms with E-state index in [1.54, 1.807) is 12.5 Å². The molecule has 3 aromatic heterocycles. The van der Waals surface area contributed by atoms with E-state index in [-0.39, 0.29) is 18.1 Å². The number of aryl methyl sites for hydroxylation is 1. The van der Waals surface area contributed by atoms with E-state index in [0.29, 0.717) is 12.0 Å². The number of nitrogens with one attached hydrogen (secondary N) is 1. The number of pyridine rings is 2. The summed E-state index contributed by atoms with van der Waals surface area (Å²) in [6, 6.07) is 13.7. The Kier molecular flexibility index (Phi) is 4.95. The molecule has 4 aromatic rings. The standard InChI is InChI=1S/C24H23N5O2/c1-14-3-2-4-21(29-14)23-22(27-13-28-23)15-5-8-20-16(9-15)10-17(12-26-20)24(30)31-19-7-6-18(25)11-19/h2-5,8-10,12-13,18-19H,6-7,11,25H2,1H3,(H,27,28)/t18-,19-/m1/s1. The molecule has 0 unspecified atom stereocenters. The molecule has 31 heavy (non-hydrogen) atoms. The van der Waals surface area contributed by atoms with Crippen LogP contribution < -0.4 is 5.73 Å². The van der Waals surface area contributed by atoms with Crippen LogP contribution in [0.5, 0.6) is 0 Å². The molecule has 1 aromatic carbocycles. The van der Waals surface area contributed by atoms with Crippen LogP contribution in [0.25, 0.3) is 33.5 Å². The number of nitrogens with zero attached hydrogens (tertiary/aromatic N) is 3. The predicted molar refractivity (Wildman–Crippen MR) is 118 cm³/mol. The number of imidazole rings is 1. The molecule has 5 rings (SSSR count). The van der Waals surface area contributed by atoms with E-state index >= 15 is 0 Å². The van der Waals surface area contributed by atoms with E-state index < -0.39 is 0 Å². The number of nitrogens with two attached hydrogens (primary N) is 1. The zero-order chi connectivity index (χ0) is 21.4. The summed E-state index contributed by atoms with van der Waals surface area (Å²) < 4.78 is 5.62. The van der Waals surface area contributed by atoms with Crippen molar-refractivity contribution in [3.05, 3.63) is 66.2 Å². The number of esters is 1. The first-order chi connectivity index (χ1) is 15.1. The third-order valence-corrected chi connectivity index (χ3v) is 5.67. The van der Waals surface area contributed by atoms with Crippen LogP contribution in [0, 0.1) is 6.92 Å². The van der Waals surface area contributed by atoms with Gasteiger partial charge in [0.2, 0.25) is 0 Å². The molecular weight excluding hydrogens is 390 g/mol. The molecule has 3 N–H and O–H groups in total. The van der Waals surface area contributed by atoms with Gasteiger partial charge in [0.1, 0.15) is 6.10 Å². The van der Waals surface area contributed by atoms with E-state index in [9.17, 15) is 4.79 Å². The van der Waals surface area contributed by atoms with Gasteiger partial charge in [0.05, 0.1) is 34.5 Å². The number of hydrogen-bond donors (Lipinski definition) is 2. The molecular formula is C24H23N5O2. The van der Waals surface area contributed by atoms with Crippen molar-refractivity contribution in [3.63, 3.8) is 0 Å². The van der Waals surface area contributed by atoms with Crippen molar-refractivity contribution in [3.8, 4) is 22.6 Å². The first-order valence-electron chi connectivity index (χ1n) is 10.4. The minimum atomic E-state index is -0.358. The molecule has 0 spiro atoms. The number of carbonyl (C=O) groups excluding carboxylic acids is 1. The molecule has 1 saturated carbocycles. The normalized spacial score (nSPS) is 18.4. The summed E-state index contributed by atoms with van der Waals surface area (Å²) in [6.45, 7) is 1.96. The minimum absolute atomic E-state index is 0.112. The molecule has 7 nitrogen and oxygen atoms in total. The number of ether oxygens (including phenoxy) is 1. The third-order valence-electron chi connectivity index (χ3n) is 5.67. The van der Waals surface area contributed by atoms with Crippen LogP contribution in [-0.2, 0) is 4.74 Å². The molecule has 0 aliphatic heterocycles. The van der Waals surface area contributed by atoms with Gasteiger partial charge in [-0.2, -0.15) is 0 Å². The zero-order valence-corrected chi connectivity index (χ0v) is 17.2. The van der Waals surface area contributed by atoms with Crippen LogP contribution >= 0.6 is 0 Å². The topological polar surface area (TPSA) is 107 Å². The fourth-order valence-electron chi connectivity index (χ4n) is 4.08. The summed E-state index contributed by atoms with van der Waals surface area (Å²) in [5.41, 5.74) is 11.5. The fraction of sp³-hybridized carbons (Fsp3) is 0.250. The number of rotatable bonds is 4. The molecule has 156 valence electrons. The van der Waals surface area contributed by atoms with Gasteiger partial charge in [0.15, 0.2) is 0 Å². The second-order valence-corrected chi connectivity index (χ2v) is 8.02. The Morgan fingerprint density at radius 3 is 2.87 bits per heavy atom. The number of benzene rings is 1. The SMILES string of the molecule is Cc1cccc(-c2[nH]cnc2-c2ccc3ncc(C(=O)O[C@@H]4CC[C@@H](N)C4)cc3c2)n1. The van der Waals surface area contributed by atoms with Gasteiger partial charge in [0.25, 0.3) is 0 Å². The van der Waals surface area contributed by atoms with Gasteiger partial charge >= 0.3 is 5.97 Å². The predicted octanol–water partition coefficient (Wildman–Crippen LogP) is 4.03. The first kappa shape index (κ1) is 19.4. The lowest BCUT2D eigenvalue weighted by atomic mass is 10.0. The van der Waals surface area contributed by atoms with Crippen LogP contribution in [0.4, 0.5) is 0 Å². The lowest BCUT2D eigenvalue weighted by Crippen LogP contribution is -2.20. The van der Waals surface area contributed by atoms with Crippen LogP contribution in [-0.4, -0.2) is 38.1 Å². The summed E-state index contributed by atoms with van der Waals surface area (Å²) in [7, 11) is 0. The van der Waals surface area contributed by atoms with Crippen molar-refractivity contribution in [2.45, 2.75) is 38.3 Å². The summed E-state index contributed by atoms with van der Waals surface area (Å²) >= 11 is 0. The highest BCUT2D eigenvalue weighted by molar-refractivity contribution is 5.95. The quantitative estimate of drug-likeness (QED) is 0.489. The Labute approximate surface area is 179 Å². The largest absolute Gasteiger partial charge is 0.459 e. The number of carbonyl (C=O) groups is 1. The molecule has 2 atom stereocenters. The van der Waals surface area contributed by atoms with Gasteiger partial charge in [-0.25, -0.2) is 9.78 Å². The lowest BCUT2D eigenvalue weighted by molar-refractivity contribution is 0.0315. The fourth-order valence-corrected chi connectivity index (χ4v) is 4.08. The number of fused-ring (bicyclic) bond motifs is 1. The maximum absolute atomic E-state index is 12.6. The van der Waals surface area contributed by atoms with Crippen LogP contribution in [0.2, 0.25) is 0 Å². The lowest BCUT2D eigenvalue weighted by Gasteiger charge is -2.12. The summed E-state index contributed by atoms with van der Waals surface area (Å²) in [6.07, 6.45) is 5.53. The molecule has 0 bridgehead atoms. The van der Waals surface area contributed by atoms with Gasteiger partial charge in [0, 0.05) is 28.9 Å². The average molecular weight is 413 g/mol. The van der Waals surface area contributed by atoms with Crippen LogP contribution in [0.3, 0.4) is 0 Å². The highest BCUT2D eigenvalue weighted by atomic mass is 16.5. The number of aromatic amines is 1. The van der Waals surface area contributed by atoms with Gasteiger partial charge in [-0.3, -0.25) is 9.97 Å². The van der Waals surface area contributed by atoms with E-state index in [2.05, 4.69) is 19.9 Å². The smallest absolute Gasteiger partial charge is 0.339 e. The molecule has 3 heterocycles. The van der Waals surface area contributed by atoms with Crippen molar-refractivity contribution in [1.29, 1.82) is 0 Å². The monoisotopic (exact) mass is 413 g/mol. The van der Waals surface area contributed by atoms with E-state index in [1.165, 1.54) is 0 Å².